The van der Waals surface area contributed by atoms with E-state index < -0.39 is 17.9 Å². The van der Waals surface area contributed by atoms with E-state index in [1.165, 1.54) is 0 Å². The zero-order valence-electron chi connectivity index (χ0n) is 13.3. The largest absolute Gasteiger partial charge is 1.00 e. The number of hydrogen-bond donors (Lipinski definition) is 2. The standard InChI is InChI=1S/C16H11ClN2O3.K.H/c17-10-6-7-12-11(8-10)13(9-4-2-1-3-5-9)19-14(16(21)22)15(20)18-12;;/h1-8,14H,(H,18,20)(H,21,22);;/q;+1;-1/t14-;;/m1../s1. The van der Waals surface area contributed by atoms with Gasteiger partial charge in [0.2, 0.25) is 6.04 Å². The van der Waals surface area contributed by atoms with Gasteiger partial charge in [0.25, 0.3) is 5.91 Å². The molecule has 112 valence electrons. The SMILES string of the molecule is O=C(O)[C@@H]1N=C(c2ccccc2)c2cc(Cl)ccc2NC1=O.[H-].[K+]. The third kappa shape index (κ3) is 3.91. The Labute approximate surface area is 181 Å². The number of nitrogens with zero attached hydrogens (tertiary/aromatic N) is 1. The molecule has 0 spiro atoms. The number of rotatable bonds is 2. The number of carboxylic acids is 1. The number of benzodiazepines with no additional fused rings is 1. The van der Waals surface area contributed by atoms with E-state index in [2.05, 4.69) is 10.3 Å². The van der Waals surface area contributed by atoms with Crippen LogP contribution in [0.15, 0.2) is 53.5 Å². The van der Waals surface area contributed by atoms with Crippen molar-refractivity contribution in [3.63, 3.8) is 0 Å². The van der Waals surface area contributed by atoms with Gasteiger partial charge in [0.05, 0.1) is 11.4 Å². The van der Waals surface area contributed by atoms with Crippen molar-refractivity contribution in [2.45, 2.75) is 6.04 Å². The Morgan fingerprint density at radius 3 is 2.57 bits per heavy atom. The molecule has 0 aromatic heterocycles. The van der Waals surface area contributed by atoms with Gasteiger partial charge in [0.1, 0.15) is 0 Å². The number of amides is 1. The van der Waals surface area contributed by atoms with E-state index in [9.17, 15) is 14.7 Å². The second-order valence-electron chi connectivity index (χ2n) is 4.76. The first-order chi connectivity index (χ1) is 10.6. The van der Waals surface area contributed by atoms with Gasteiger partial charge in [-0.1, -0.05) is 41.9 Å². The smallest absolute Gasteiger partial charge is 1.00 e. The number of nitrogens with one attached hydrogen (secondary N) is 1. The molecule has 0 unspecified atom stereocenters. The Bertz CT molecular complexity index is 799. The molecule has 2 N–H and O–H groups in total. The summed E-state index contributed by atoms with van der Waals surface area (Å²) in [4.78, 5) is 27.5. The molecule has 1 aliphatic heterocycles. The van der Waals surface area contributed by atoms with Crippen LogP contribution in [0.1, 0.15) is 12.6 Å². The van der Waals surface area contributed by atoms with E-state index >= 15 is 0 Å². The van der Waals surface area contributed by atoms with Crippen LogP contribution in [0.4, 0.5) is 5.69 Å². The molecule has 0 fully saturated rings. The molecule has 1 amide bonds. The molecule has 1 aliphatic rings. The fraction of sp³-hybridized carbons (Fsp3) is 0.0625. The molecular formula is C16H12ClKN2O3. The molecule has 0 aliphatic carbocycles. The summed E-state index contributed by atoms with van der Waals surface area (Å²) in [5, 5.41) is 12.3. The summed E-state index contributed by atoms with van der Waals surface area (Å²) >= 11 is 6.03. The number of carbonyl (C=O) groups excluding carboxylic acids is 1. The average Bonchev–Trinajstić information content (AvgIpc) is 2.64. The molecule has 2 aromatic rings. The third-order valence-corrected chi connectivity index (χ3v) is 3.52. The van der Waals surface area contributed by atoms with Crippen molar-refractivity contribution in [1.29, 1.82) is 0 Å². The van der Waals surface area contributed by atoms with Crippen LogP contribution in [-0.2, 0) is 9.59 Å². The van der Waals surface area contributed by atoms with E-state index in [4.69, 9.17) is 11.6 Å². The van der Waals surface area contributed by atoms with Crippen molar-refractivity contribution in [3.05, 3.63) is 64.7 Å². The predicted octanol–water partition coefficient (Wildman–Crippen LogP) is -0.301. The van der Waals surface area contributed by atoms with Crippen LogP contribution in [0, 0.1) is 0 Å². The quantitative estimate of drug-likeness (QED) is 0.574. The summed E-state index contributed by atoms with van der Waals surface area (Å²) in [5.74, 6) is -1.98. The fourth-order valence-corrected chi connectivity index (χ4v) is 2.45. The van der Waals surface area contributed by atoms with Crippen molar-refractivity contribution in [2.24, 2.45) is 4.99 Å². The minimum absolute atomic E-state index is 0. The second kappa shape index (κ2) is 7.70. The van der Waals surface area contributed by atoms with E-state index in [1.807, 2.05) is 18.2 Å². The molecule has 1 heterocycles. The van der Waals surface area contributed by atoms with Crippen LogP contribution in [0.2, 0.25) is 5.02 Å². The van der Waals surface area contributed by atoms with Gasteiger partial charge in [-0.05, 0) is 18.2 Å². The Kier molecular flexibility index (Phi) is 6.13. The Hall–Kier alpha value is -1.02. The number of benzene rings is 2. The van der Waals surface area contributed by atoms with Crippen LogP contribution in [-0.4, -0.2) is 28.7 Å². The summed E-state index contributed by atoms with van der Waals surface area (Å²) in [7, 11) is 0. The van der Waals surface area contributed by atoms with E-state index in [0.717, 1.165) is 0 Å². The number of carboxylic acid groups (broad SMARTS) is 1. The number of carbonyl (C=O) groups is 2. The van der Waals surface area contributed by atoms with E-state index in [1.54, 1.807) is 30.3 Å². The van der Waals surface area contributed by atoms with Crippen LogP contribution in [0.3, 0.4) is 0 Å². The second-order valence-corrected chi connectivity index (χ2v) is 5.20. The third-order valence-electron chi connectivity index (χ3n) is 3.28. The van der Waals surface area contributed by atoms with Crippen LogP contribution in [0.5, 0.6) is 0 Å². The van der Waals surface area contributed by atoms with Crippen molar-refractivity contribution in [3.8, 4) is 0 Å². The zero-order valence-corrected chi connectivity index (χ0v) is 16.2. The zero-order chi connectivity index (χ0) is 15.7. The maximum absolute atomic E-state index is 12.0. The van der Waals surface area contributed by atoms with Gasteiger partial charge < -0.3 is 11.8 Å². The normalized spacial score (nSPS) is 16.3. The van der Waals surface area contributed by atoms with Crippen molar-refractivity contribution in [2.75, 3.05) is 5.32 Å². The van der Waals surface area contributed by atoms with E-state index in [0.29, 0.717) is 27.5 Å². The Balaban J connectivity index is 0.00000144. The number of aliphatic imine (C=N–C) groups is 1. The fourth-order valence-electron chi connectivity index (χ4n) is 2.27. The molecule has 3 rings (SSSR count). The minimum atomic E-state index is -1.50. The average molecular weight is 355 g/mol. The summed E-state index contributed by atoms with van der Waals surface area (Å²) in [6.45, 7) is 0. The number of hydrogen-bond acceptors (Lipinski definition) is 3. The molecule has 0 saturated carbocycles. The monoisotopic (exact) mass is 354 g/mol. The predicted molar refractivity (Wildman–Crippen MR) is 84.7 cm³/mol. The Morgan fingerprint density at radius 1 is 1.22 bits per heavy atom. The van der Waals surface area contributed by atoms with Gasteiger partial charge in [-0.15, -0.1) is 0 Å². The van der Waals surface area contributed by atoms with Gasteiger partial charge in [-0.25, -0.2) is 4.79 Å². The van der Waals surface area contributed by atoms with Gasteiger partial charge in [-0.2, -0.15) is 0 Å². The Morgan fingerprint density at radius 2 is 1.91 bits per heavy atom. The van der Waals surface area contributed by atoms with E-state index in [-0.39, 0.29) is 52.8 Å². The van der Waals surface area contributed by atoms with Crippen molar-refractivity contribution in [1.82, 2.24) is 0 Å². The molecule has 2 aromatic carbocycles. The summed E-state index contributed by atoms with van der Waals surface area (Å²) < 4.78 is 0. The molecule has 1 atom stereocenters. The molecule has 7 heteroatoms. The molecule has 0 saturated heterocycles. The number of aliphatic carboxylic acids is 1. The topological polar surface area (TPSA) is 78.8 Å². The van der Waals surface area contributed by atoms with Crippen LogP contribution < -0.4 is 56.7 Å². The summed E-state index contributed by atoms with van der Waals surface area (Å²) in [6.07, 6.45) is 0. The molecular weight excluding hydrogens is 343 g/mol. The van der Waals surface area contributed by atoms with Crippen molar-refractivity contribution >= 4 is 34.9 Å². The van der Waals surface area contributed by atoms with Gasteiger partial charge in [-0.3, -0.25) is 9.79 Å². The van der Waals surface area contributed by atoms with Crippen LogP contribution in [0.25, 0.3) is 0 Å². The van der Waals surface area contributed by atoms with Gasteiger partial charge >= 0.3 is 57.4 Å². The first-order valence-electron chi connectivity index (χ1n) is 6.53. The number of fused-ring (bicyclic) bond motifs is 1. The van der Waals surface area contributed by atoms with Crippen LogP contribution >= 0.6 is 11.6 Å². The van der Waals surface area contributed by atoms with Crippen molar-refractivity contribution < 1.29 is 67.5 Å². The summed E-state index contributed by atoms with van der Waals surface area (Å²) in [5.41, 5.74) is 2.22. The maximum atomic E-state index is 12.0. The van der Waals surface area contributed by atoms with Gasteiger partial charge in [0, 0.05) is 16.1 Å². The molecule has 0 bridgehead atoms. The first-order valence-corrected chi connectivity index (χ1v) is 6.91. The maximum Gasteiger partial charge on any atom is 1.00 e. The minimum Gasteiger partial charge on any atom is -1.00 e. The number of anilines is 1. The van der Waals surface area contributed by atoms with Gasteiger partial charge in [0.15, 0.2) is 0 Å². The number of halogens is 1. The summed E-state index contributed by atoms with van der Waals surface area (Å²) in [6, 6.07) is 12.5. The molecule has 0 radical (unpaired) electrons. The molecule has 5 nitrogen and oxygen atoms in total. The molecule has 23 heavy (non-hydrogen) atoms. The first kappa shape index (κ1) is 18.3.